The highest BCUT2D eigenvalue weighted by molar-refractivity contribution is 8.14. The number of nitrogen functional groups attached to an aromatic ring is 1. The van der Waals surface area contributed by atoms with Crippen LogP contribution in [-0.4, -0.2) is 22.6 Å². The second-order valence-electron chi connectivity index (χ2n) is 5.89. The number of nitrogens with two attached hydrogens (primary N) is 1. The van der Waals surface area contributed by atoms with E-state index in [1.165, 1.54) is 23.9 Å². The molecule has 0 saturated carbocycles. The monoisotopic (exact) mass is 400 g/mol. The Morgan fingerprint density at radius 3 is 2.70 bits per heavy atom. The van der Waals surface area contributed by atoms with E-state index in [1.54, 1.807) is 35.3 Å². The van der Waals surface area contributed by atoms with Gasteiger partial charge in [-0.2, -0.15) is 5.10 Å². The molecule has 0 radical (unpaired) electrons. The van der Waals surface area contributed by atoms with E-state index in [0.717, 1.165) is 9.94 Å². The average Bonchev–Trinajstić information content (AvgIpc) is 2.65. The molecule has 0 unspecified atom stereocenters. The Kier molecular flexibility index (Phi) is 4.63. The van der Waals surface area contributed by atoms with Gasteiger partial charge in [0.1, 0.15) is 17.5 Å². The van der Waals surface area contributed by atoms with Crippen molar-refractivity contribution in [2.45, 2.75) is 4.90 Å². The molecule has 2 aliphatic rings. The van der Waals surface area contributed by atoms with E-state index in [1.807, 2.05) is 12.2 Å². The molecule has 5 nitrogen and oxygen atoms in total. The molecule has 0 atom stereocenters. The molecule has 0 aromatic heterocycles. The van der Waals surface area contributed by atoms with Crippen molar-refractivity contribution in [2.24, 2.45) is 5.10 Å². The second-order valence-corrected chi connectivity index (χ2v) is 7.39. The molecule has 2 aromatic rings. The zero-order valence-electron chi connectivity index (χ0n) is 13.9. The number of anilines is 1. The van der Waals surface area contributed by atoms with Crippen LogP contribution in [-0.2, 0) is 4.79 Å². The third kappa shape index (κ3) is 3.56. The maximum atomic E-state index is 13.1. The SMILES string of the molecule is Nc1ccc(C2=C3C=CC(Sc4ccc(F)cc4)=NN3CNC2=O)c(Cl)c1. The van der Waals surface area contributed by atoms with Crippen molar-refractivity contribution >= 4 is 45.6 Å². The zero-order chi connectivity index (χ0) is 19.0. The minimum Gasteiger partial charge on any atom is -0.399 e. The molecular formula is C19H14ClFN4OS. The van der Waals surface area contributed by atoms with Crippen LogP contribution >= 0.6 is 23.4 Å². The van der Waals surface area contributed by atoms with Gasteiger partial charge < -0.3 is 11.1 Å². The fourth-order valence-corrected chi connectivity index (χ4v) is 3.87. The molecule has 0 aliphatic carbocycles. The summed E-state index contributed by atoms with van der Waals surface area (Å²) >= 11 is 7.71. The van der Waals surface area contributed by atoms with Crippen LogP contribution in [0, 0.1) is 5.82 Å². The summed E-state index contributed by atoms with van der Waals surface area (Å²) in [5.74, 6) is -0.503. The highest BCUT2D eigenvalue weighted by Crippen LogP contribution is 2.34. The van der Waals surface area contributed by atoms with Crippen molar-refractivity contribution in [3.63, 3.8) is 0 Å². The molecule has 0 spiro atoms. The van der Waals surface area contributed by atoms with Gasteiger partial charge in [0, 0.05) is 16.1 Å². The lowest BCUT2D eigenvalue weighted by atomic mass is 10.00. The summed E-state index contributed by atoms with van der Waals surface area (Å²) < 4.78 is 13.1. The van der Waals surface area contributed by atoms with Gasteiger partial charge in [0.15, 0.2) is 0 Å². The third-order valence-electron chi connectivity index (χ3n) is 4.05. The standard InChI is InChI=1S/C19H14ClFN4OS/c20-15-9-12(22)3-6-14(15)18-16-7-8-17(24-25(16)10-23-19(18)26)27-13-4-1-11(21)2-5-13/h1-9H,10,22H2,(H,23,26). The van der Waals surface area contributed by atoms with E-state index < -0.39 is 0 Å². The van der Waals surface area contributed by atoms with Crippen LogP contribution in [0.15, 0.2) is 70.3 Å². The lowest BCUT2D eigenvalue weighted by Crippen LogP contribution is -2.41. The first-order valence-electron chi connectivity index (χ1n) is 8.07. The van der Waals surface area contributed by atoms with Gasteiger partial charge in [-0.15, -0.1) is 0 Å². The number of halogens is 2. The Morgan fingerprint density at radius 2 is 1.96 bits per heavy atom. The Hall–Kier alpha value is -2.77. The third-order valence-corrected chi connectivity index (χ3v) is 5.30. The lowest BCUT2D eigenvalue weighted by Gasteiger charge is -2.31. The molecular weight excluding hydrogens is 387 g/mol. The second kappa shape index (κ2) is 7.09. The number of rotatable bonds is 2. The fourth-order valence-electron chi connectivity index (χ4n) is 2.80. The number of nitrogens with zero attached hydrogens (tertiary/aromatic N) is 2. The quantitative estimate of drug-likeness (QED) is 0.751. The molecule has 2 heterocycles. The van der Waals surface area contributed by atoms with Gasteiger partial charge in [-0.3, -0.25) is 4.79 Å². The number of thioether (sulfide) groups is 1. The summed E-state index contributed by atoms with van der Waals surface area (Å²) in [4.78, 5) is 13.4. The summed E-state index contributed by atoms with van der Waals surface area (Å²) in [5, 5.41) is 10.2. The molecule has 4 rings (SSSR count). The van der Waals surface area contributed by atoms with Gasteiger partial charge in [-0.1, -0.05) is 29.4 Å². The molecule has 0 fully saturated rings. The predicted octanol–water partition coefficient (Wildman–Crippen LogP) is 3.84. The largest absolute Gasteiger partial charge is 0.399 e. The Morgan fingerprint density at radius 1 is 1.19 bits per heavy atom. The summed E-state index contributed by atoms with van der Waals surface area (Å²) in [7, 11) is 0. The molecule has 27 heavy (non-hydrogen) atoms. The number of allylic oxidation sites excluding steroid dienone is 1. The van der Waals surface area contributed by atoms with Crippen LogP contribution in [0.1, 0.15) is 5.56 Å². The van der Waals surface area contributed by atoms with Crippen LogP contribution in [0.2, 0.25) is 5.02 Å². The fraction of sp³-hybridized carbons (Fsp3) is 0.0526. The van der Waals surface area contributed by atoms with E-state index in [-0.39, 0.29) is 18.4 Å². The topological polar surface area (TPSA) is 70.7 Å². The maximum absolute atomic E-state index is 13.1. The smallest absolute Gasteiger partial charge is 0.255 e. The maximum Gasteiger partial charge on any atom is 0.255 e. The van der Waals surface area contributed by atoms with E-state index in [9.17, 15) is 9.18 Å². The van der Waals surface area contributed by atoms with Crippen molar-refractivity contribution in [1.82, 2.24) is 10.3 Å². The van der Waals surface area contributed by atoms with Gasteiger partial charge in [0.25, 0.3) is 5.91 Å². The number of carbonyl (C=O) groups excluding carboxylic acids is 1. The molecule has 8 heteroatoms. The number of nitrogens with one attached hydrogen (secondary N) is 1. The van der Waals surface area contributed by atoms with Crippen LogP contribution in [0.25, 0.3) is 5.57 Å². The number of benzene rings is 2. The Bertz CT molecular complexity index is 1020. The van der Waals surface area contributed by atoms with Crippen LogP contribution < -0.4 is 11.1 Å². The van der Waals surface area contributed by atoms with Crippen molar-refractivity contribution in [3.8, 4) is 0 Å². The first-order chi connectivity index (χ1) is 13.0. The van der Waals surface area contributed by atoms with Gasteiger partial charge in [-0.25, -0.2) is 9.40 Å². The predicted molar refractivity (Wildman–Crippen MR) is 106 cm³/mol. The number of amides is 1. The average molecular weight is 401 g/mol. The summed E-state index contributed by atoms with van der Waals surface area (Å²) in [6.07, 6.45) is 3.66. The number of hydrogen-bond donors (Lipinski definition) is 2. The van der Waals surface area contributed by atoms with Gasteiger partial charge in [0.2, 0.25) is 0 Å². The van der Waals surface area contributed by atoms with Crippen molar-refractivity contribution < 1.29 is 9.18 Å². The lowest BCUT2D eigenvalue weighted by molar-refractivity contribution is -0.116. The summed E-state index contributed by atoms with van der Waals surface area (Å²) in [6.45, 7) is 0.252. The molecule has 2 aliphatic heterocycles. The van der Waals surface area contributed by atoms with Crippen LogP contribution in [0.3, 0.4) is 0 Å². The number of fused-ring (bicyclic) bond motifs is 1. The number of hydrogen-bond acceptors (Lipinski definition) is 5. The van der Waals surface area contributed by atoms with Gasteiger partial charge >= 0.3 is 0 Å². The van der Waals surface area contributed by atoms with E-state index in [4.69, 9.17) is 17.3 Å². The van der Waals surface area contributed by atoms with Crippen molar-refractivity contribution in [3.05, 3.63) is 76.7 Å². The molecule has 1 amide bonds. The first kappa shape index (κ1) is 17.6. The molecule has 2 aromatic carbocycles. The van der Waals surface area contributed by atoms with E-state index in [0.29, 0.717) is 27.5 Å². The normalized spacial score (nSPS) is 16.1. The van der Waals surface area contributed by atoms with E-state index in [2.05, 4.69) is 10.4 Å². The summed E-state index contributed by atoms with van der Waals surface area (Å²) in [5.41, 5.74) is 7.97. The highest BCUT2D eigenvalue weighted by Gasteiger charge is 2.29. The molecule has 3 N–H and O–H groups in total. The summed E-state index contributed by atoms with van der Waals surface area (Å²) in [6, 6.07) is 11.2. The Balaban J connectivity index is 1.68. The van der Waals surface area contributed by atoms with E-state index >= 15 is 0 Å². The minimum absolute atomic E-state index is 0.220. The molecule has 0 saturated heterocycles. The number of carbonyl (C=O) groups is 1. The highest BCUT2D eigenvalue weighted by atomic mass is 35.5. The number of hydrazone groups is 1. The molecule has 0 bridgehead atoms. The van der Waals surface area contributed by atoms with Gasteiger partial charge in [-0.05, 0) is 48.6 Å². The molecule has 136 valence electrons. The van der Waals surface area contributed by atoms with Gasteiger partial charge in [0.05, 0.1) is 16.3 Å². The first-order valence-corrected chi connectivity index (χ1v) is 9.26. The van der Waals surface area contributed by atoms with Crippen LogP contribution in [0.5, 0.6) is 0 Å². The Labute approximate surface area is 164 Å². The van der Waals surface area contributed by atoms with Crippen molar-refractivity contribution in [2.75, 3.05) is 12.4 Å². The van der Waals surface area contributed by atoms with Crippen LogP contribution in [0.4, 0.5) is 10.1 Å². The minimum atomic E-state index is -0.283. The zero-order valence-corrected chi connectivity index (χ0v) is 15.5. The van der Waals surface area contributed by atoms with Crippen molar-refractivity contribution in [1.29, 1.82) is 0 Å².